The van der Waals surface area contributed by atoms with E-state index in [1.807, 2.05) is 29.2 Å². The molecule has 0 fully saturated rings. The summed E-state index contributed by atoms with van der Waals surface area (Å²) in [6, 6.07) is 0. The molecule has 74 valence electrons. The predicted octanol–water partition coefficient (Wildman–Crippen LogP) is 0.962. The minimum Gasteiger partial charge on any atom is -0.425 e. The number of ether oxygens (including phenoxy) is 1. The molecule has 0 spiro atoms. The van der Waals surface area contributed by atoms with Crippen LogP contribution in [0.5, 0.6) is 0 Å². The molecular formula is C9H16N2O2. The molecule has 0 N–H and O–H groups in total. The number of nitrogens with zero attached hydrogens (tertiary/aromatic N) is 2. The average molecular weight is 184 g/mol. The molecule has 0 saturated carbocycles. The number of carbonyl (C=O) groups is 1. The van der Waals surface area contributed by atoms with Crippen LogP contribution in [0.4, 0.5) is 0 Å². The summed E-state index contributed by atoms with van der Waals surface area (Å²) in [6.45, 7) is 3.56. The Bertz CT molecular complexity index is 194. The van der Waals surface area contributed by atoms with E-state index in [0.717, 1.165) is 19.4 Å². The highest BCUT2D eigenvalue weighted by Gasteiger charge is 2.23. The van der Waals surface area contributed by atoms with Crippen molar-refractivity contribution in [2.24, 2.45) is 0 Å². The van der Waals surface area contributed by atoms with Gasteiger partial charge in [0.1, 0.15) is 0 Å². The van der Waals surface area contributed by atoms with Crippen LogP contribution in [0.15, 0.2) is 12.4 Å². The minimum atomic E-state index is -0.246. The molecule has 1 atom stereocenters. The third-order valence-electron chi connectivity index (χ3n) is 2.07. The van der Waals surface area contributed by atoms with Gasteiger partial charge in [0.25, 0.3) is 12.8 Å². The van der Waals surface area contributed by atoms with Gasteiger partial charge in [-0.25, -0.2) is 0 Å². The lowest BCUT2D eigenvalue weighted by atomic mass is 10.3. The number of hydrogen-bond donors (Lipinski definition) is 0. The van der Waals surface area contributed by atoms with Gasteiger partial charge in [0, 0.05) is 26.0 Å². The molecule has 0 aromatic rings. The van der Waals surface area contributed by atoms with E-state index < -0.39 is 0 Å². The Morgan fingerprint density at radius 1 is 1.54 bits per heavy atom. The Hall–Kier alpha value is -1.19. The predicted molar refractivity (Wildman–Crippen MR) is 49.5 cm³/mol. The summed E-state index contributed by atoms with van der Waals surface area (Å²) in [6.07, 6.45) is 5.86. The van der Waals surface area contributed by atoms with Gasteiger partial charge in [0.2, 0.25) is 0 Å². The monoisotopic (exact) mass is 184 g/mol. The van der Waals surface area contributed by atoms with Crippen LogP contribution in [0, 0.1) is 0 Å². The Balaban J connectivity index is 2.43. The van der Waals surface area contributed by atoms with E-state index in [9.17, 15) is 4.79 Å². The second kappa shape index (κ2) is 4.74. The van der Waals surface area contributed by atoms with E-state index in [1.54, 1.807) is 0 Å². The summed E-state index contributed by atoms with van der Waals surface area (Å²) in [5, 5.41) is 0. The second-order valence-corrected chi connectivity index (χ2v) is 3.11. The first-order valence-corrected chi connectivity index (χ1v) is 4.54. The fourth-order valence-corrected chi connectivity index (χ4v) is 1.32. The van der Waals surface area contributed by atoms with Crippen LogP contribution in [0.25, 0.3) is 0 Å². The van der Waals surface area contributed by atoms with E-state index in [1.165, 1.54) is 0 Å². The van der Waals surface area contributed by atoms with Crippen molar-refractivity contribution in [3.05, 3.63) is 12.4 Å². The zero-order valence-corrected chi connectivity index (χ0v) is 8.14. The molecule has 0 aromatic carbocycles. The zero-order valence-electron chi connectivity index (χ0n) is 8.14. The lowest BCUT2D eigenvalue weighted by Gasteiger charge is -2.27. The minimum absolute atomic E-state index is 0.246. The van der Waals surface area contributed by atoms with Gasteiger partial charge in [-0.1, -0.05) is 13.3 Å². The van der Waals surface area contributed by atoms with Gasteiger partial charge in [-0.2, -0.15) is 0 Å². The van der Waals surface area contributed by atoms with Crippen LogP contribution < -0.4 is 0 Å². The third kappa shape index (κ3) is 2.37. The van der Waals surface area contributed by atoms with Gasteiger partial charge < -0.3 is 14.5 Å². The van der Waals surface area contributed by atoms with Crippen molar-refractivity contribution < 1.29 is 9.53 Å². The number of carbonyl (C=O) groups excluding carboxylic acids is 1. The topological polar surface area (TPSA) is 32.8 Å². The van der Waals surface area contributed by atoms with Crippen molar-refractivity contribution in [2.75, 3.05) is 13.6 Å². The summed E-state index contributed by atoms with van der Waals surface area (Å²) in [5.74, 6) is 0. The van der Waals surface area contributed by atoms with Crippen molar-refractivity contribution in [1.29, 1.82) is 0 Å². The summed E-state index contributed by atoms with van der Waals surface area (Å²) in [7, 11) is 1.89. The van der Waals surface area contributed by atoms with Crippen LogP contribution in [0.2, 0.25) is 0 Å². The Morgan fingerprint density at radius 2 is 2.31 bits per heavy atom. The lowest BCUT2D eigenvalue weighted by Crippen LogP contribution is -2.39. The molecule has 0 saturated heterocycles. The van der Waals surface area contributed by atoms with E-state index in [4.69, 9.17) is 4.74 Å². The lowest BCUT2D eigenvalue weighted by molar-refractivity contribution is -0.150. The molecule has 4 heteroatoms. The molecule has 0 radical (unpaired) electrons. The number of hydrogen-bond acceptors (Lipinski definition) is 4. The maximum absolute atomic E-state index is 10.2. The first-order chi connectivity index (χ1) is 6.29. The van der Waals surface area contributed by atoms with Gasteiger partial charge in [-0.15, -0.1) is 0 Å². The molecule has 4 nitrogen and oxygen atoms in total. The molecule has 0 bridgehead atoms. The van der Waals surface area contributed by atoms with E-state index in [-0.39, 0.29) is 6.35 Å². The van der Waals surface area contributed by atoms with Gasteiger partial charge >= 0.3 is 0 Å². The normalized spacial score (nSPS) is 20.9. The summed E-state index contributed by atoms with van der Waals surface area (Å²) >= 11 is 0. The van der Waals surface area contributed by atoms with E-state index >= 15 is 0 Å². The maximum atomic E-state index is 10.2. The van der Waals surface area contributed by atoms with E-state index in [0.29, 0.717) is 6.47 Å². The summed E-state index contributed by atoms with van der Waals surface area (Å²) in [5.41, 5.74) is 0. The molecule has 13 heavy (non-hydrogen) atoms. The third-order valence-corrected chi connectivity index (χ3v) is 2.07. The number of unbranched alkanes of at least 4 members (excludes halogenated alkanes) is 1. The smallest absolute Gasteiger partial charge is 0.296 e. The molecule has 1 rings (SSSR count). The molecule has 0 aliphatic carbocycles. The second-order valence-electron chi connectivity index (χ2n) is 3.11. The standard InChI is InChI=1S/C9H16N2O2/c1-3-4-5-11-7-6-10(2)9(11)13-8-12/h6-9H,3-5H2,1-2H3. The highest BCUT2D eigenvalue weighted by atomic mass is 16.6. The van der Waals surface area contributed by atoms with Crippen molar-refractivity contribution in [2.45, 2.75) is 26.1 Å². The quantitative estimate of drug-likeness (QED) is 0.596. The van der Waals surface area contributed by atoms with Crippen LogP contribution in [-0.4, -0.2) is 36.2 Å². The number of rotatable bonds is 5. The SMILES string of the molecule is CCCCN1C=CN(C)C1OC=O. The Morgan fingerprint density at radius 3 is 2.92 bits per heavy atom. The Kier molecular flexibility index (Phi) is 3.61. The zero-order chi connectivity index (χ0) is 9.68. The van der Waals surface area contributed by atoms with Crippen LogP contribution in [0.3, 0.4) is 0 Å². The van der Waals surface area contributed by atoms with Gasteiger partial charge in [0.15, 0.2) is 0 Å². The fourth-order valence-electron chi connectivity index (χ4n) is 1.32. The van der Waals surface area contributed by atoms with Crippen LogP contribution >= 0.6 is 0 Å². The van der Waals surface area contributed by atoms with Gasteiger partial charge in [-0.3, -0.25) is 4.79 Å². The fraction of sp³-hybridized carbons (Fsp3) is 0.667. The van der Waals surface area contributed by atoms with Crippen molar-refractivity contribution in [3.8, 4) is 0 Å². The van der Waals surface area contributed by atoms with Gasteiger partial charge in [0.05, 0.1) is 0 Å². The first-order valence-electron chi connectivity index (χ1n) is 4.54. The molecule has 1 aliphatic heterocycles. The average Bonchev–Trinajstić information content (AvgIpc) is 2.46. The molecule has 0 amide bonds. The molecule has 1 aliphatic rings. The maximum Gasteiger partial charge on any atom is 0.296 e. The highest BCUT2D eigenvalue weighted by molar-refractivity contribution is 5.37. The largest absolute Gasteiger partial charge is 0.425 e. The molecule has 0 aromatic heterocycles. The van der Waals surface area contributed by atoms with E-state index in [2.05, 4.69) is 6.92 Å². The highest BCUT2D eigenvalue weighted by Crippen LogP contribution is 2.14. The Labute approximate surface area is 78.8 Å². The summed E-state index contributed by atoms with van der Waals surface area (Å²) < 4.78 is 4.93. The first kappa shape index (κ1) is 9.89. The van der Waals surface area contributed by atoms with Crippen molar-refractivity contribution in [1.82, 2.24) is 9.80 Å². The van der Waals surface area contributed by atoms with Gasteiger partial charge in [-0.05, 0) is 6.42 Å². The molecule has 1 unspecified atom stereocenters. The summed E-state index contributed by atoms with van der Waals surface area (Å²) in [4.78, 5) is 14.1. The van der Waals surface area contributed by atoms with Crippen LogP contribution in [-0.2, 0) is 9.53 Å². The molecule has 1 heterocycles. The molecular weight excluding hydrogens is 168 g/mol. The van der Waals surface area contributed by atoms with Crippen LogP contribution in [0.1, 0.15) is 19.8 Å². The van der Waals surface area contributed by atoms with Crippen molar-refractivity contribution >= 4 is 6.47 Å². The van der Waals surface area contributed by atoms with Crippen molar-refractivity contribution in [3.63, 3.8) is 0 Å².